The van der Waals surface area contributed by atoms with Crippen molar-refractivity contribution in [2.45, 2.75) is 70.3 Å². The molecule has 1 aromatic carbocycles. The van der Waals surface area contributed by atoms with E-state index >= 15 is 0 Å². The van der Waals surface area contributed by atoms with Crippen LogP contribution in [-0.4, -0.2) is 36.6 Å². The number of nitrogens with zero attached hydrogens (tertiary/aromatic N) is 1. The maximum absolute atomic E-state index is 13.8. The molecule has 1 aromatic rings. The van der Waals surface area contributed by atoms with Gasteiger partial charge >= 0.3 is 12.4 Å². The third-order valence-corrected chi connectivity index (χ3v) is 5.31. The Kier molecular flexibility index (Phi) is 5.88. The first kappa shape index (κ1) is 22.5. The lowest BCUT2D eigenvalue weighted by atomic mass is 9.97. The fourth-order valence-electron chi connectivity index (χ4n) is 4.16. The standard InChI is InChI=1S/C21H24F6N2O/c1-11(2)30-19(21(25,26)27)18-8-5-13(4)29(18)14-6-7-17-15(10-14)16(20(22,23)24)9-12(3)28-17/h6-7,9-11,13,18-19,28H,3,5,8H2,1-2,4H3/t13-,18+,19+/m0/s1. The average Bonchev–Trinajstić information content (AvgIpc) is 2.97. The molecule has 3 nitrogen and oxygen atoms in total. The summed E-state index contributed by atoms with van der Waals surface area (Å²) in [5.41, 5.74) is -0.379. The smallest absolute Gasteiger partial charge is 0.364 e. The SMILES string of the molecule is C=C1C=C(C(F)(F)F)c2cc(N3[C@@H]([C@@H](OC(C)C)C(F)(F)F)CC[C@@H]3C)ccc2N1. The lowest BCUT2D eigenvalue weighted by Crippen LogP contribution is -2.51. The fourth-order valence-corrected chi connectivity index (χ4v) is 4.16. The van der Waals surface area contributed by atoms with Crippen LogP contribution in [0.1, 0.15) is 39.2 Å². The number of hydrogen-bond acceptors (Lipinski definition) is 3. The summed E-state index contributed by atoms with van der Waals surface area (Å²) < 4.78 is 87.2. The second kappa shape index (κ2) is 7.83. The van der Waals surface area contributed by atoms with Gasteiger partial charge in [-0.05, 0) is 57.9 Å². The maximum atomic E-state index is 13.8. The van der Waals surface area contributed by atoms with Crippen LogP contribution in [0.4, 0.5) is 37.7 Å². The first-order valence-electron chi connectivity index (χ1n) is 9.68. The molecule has 0 spiro atoms. The number of allylic oxidation sites excluding steroid dienone is 2. The van der Waals surface area contributed by atoms with Gasteiger partial charge in [0.2, 0.25) is 0 Å². The Morgan fingerprint density at radius 2 is 1.80 bits per heavy atom. The predicted molar refractivity (Wildman–Crippen MR) is 104 cm³/mol. The Hall–Kier alpha value is -2.16. The minimum absolute atomic E-state index is 0.0949. The van der Waals surface area contributed by atoms with E-state index in [0.29, 0.717) is 12.1 Å². The van der Waals surface area contributed by atoms with Gasteiger partial charge in [0.1, 0.15) is 0 Å². The van der Waals surface area contributed by atoms with Gasteiger partial charge in [-0.2, -0.15) is 26.3 Å². The molecule has 2 aliphatic heterocycles. The van der Waals surface area contributed by atoms with E-state index in [-0.39, 0.29) is 29.4 Å². The second-order valence-electron chi connectivity index (χ2n) is 7.98. The van der Waals surface area contributed by atoms with Crippen molar-refractivity contribution in [2.75, 3.05) is 10.2 Å². The summed E-state index contributed by atoms with van der Waals surface area (Å²) in [6.07, 6.45) is -10.3. The van der Waals surface area contributed by atoms with Gasteiger partial charge in [0.25, 0.3) is 0 Å². The zero-order chi connectivity index (χ0) is 22.4. The normalized spacial score (nSPS) is 23.3. The van der Waals surface area contributed by atoms with Crippen LogP contribution < -0.4 is 10.2 Å². The van der Waals surface area contributed by atoms with E-state index in [4.69, 9.17) is 4.74 Å². The van der Waals surface area contributed by atoms with E-state index in [9.17, 15) is 26.3 Å². The molecule has 166 valence electrons. The minimum atomic E-state index is -4.62. The third-order valence-electron chi connectivity index (χ3n) is 5.31. The number of halogens is 6. The Morgan fingerprint density at radius 3 is 2.37 bits per heavy atom. The van der Waals surface area contributed by atoms with Crippen LogP contribution >= 0.6 is 0 Å². The Labute approximate surface area is 171 Å². The average molecular weight is 434 g/mol. The molecule has 1 saturated heterocycles. The van der Waals surface area contributed by atoms with E-state index < -0.39 is 36.2 Å². The van der Waals surface area contributed by atoms with E-state index in [1.807, 2.05) is 0 Å². The summed E-state index contributed by atoms with van der Waals surface area (Å²) in [4.78, 5) is 1.54. The van der Waals surface area contributed by atoms with Crippen molar-refractivity contribution in [1.82, 2.24) is 0 Å². The lowest BCUT2D eigenvalue weighted by Gasteiger charge is -2.38. The fraction of sp³-hybridized carbons (Fsp3) is 0.524. The minimum Gasteiger partial charge on any atom is -0.364 e. The van der Waals surface area contributed by atoms with E-state index in [1.165, 1.54) is 36.9 Å². The second-order valence-corrected chi connectivity index (χ2v) is 7.98. The first-order valence-corrected chi connectivity index (χ1v) is 9.68. The van der Waals surface area contributed by atoms with Gasteiger partial charge in [0.05, 0.1) is 17.7 Å². The van der Waals surface area contributed by atoms with Crippen molar-refractivity contribution in [3.05, 3.63) is 42.1 Å². The molecule has 0 unspecified atom stereocenters. The molecule has 0 aliphatic carbocycles. The van der Waals surface area contributed by atoms with Gasteiger partial charge < -0.3 is 15.0 Å². The molecule has 0 amide bonds. The van der Waals surface area contributed by atoms with Gasteiger partial charge in [-0.15, -0.1) is 0 Å². The molecule has 2 heterocycles. The quantitative estimate of drug-likeness (QED) is 0.564. The molecule has 2 aliphatic rings. The summed E-state index contributed by atoms with van der Waals surface area (Å²) in [6.45, 7) is 8.36. The largest absolute Gasteiger partial charge is 0.417 e. The number of hydrogen-bond donors (Lipinski definition) is 1. The molecule has 1 N–H and O–H groups in total. The molecule has 0 radical (unpaired) electrons. The van der Waals surface area contributed by atoms with Gasteiger partial charge in [-0.25, -0.2) is 0 Å². The van der Waals surface area contributed by atoms with Gasteiger partial charge in [-0.3, -0.25) is 0 Å². The summed E-state index contributed by atoms with van der Waals surface area (Å²) in [6, 6.07) is 2.98. The summed E-state index contributed by atoms with van der Waals surface area (Å²) in [7, 11) is 0. The van der Waals surface area contributed by atoms with Crippen molar-refractivity contribution >= 4 is 16.9 Å². The molecule has 9 heteroatoms. The zero-order valence-electron chi connectivity index (χ0n) is 16.9. The van der Waals surface area contributed by atoms with Crippen molar-refractivity contribution in [3.63, 3.8) is 0 Å². The zero-order valence-corrected chi connectivity index (χ0v) is 16.9. The van der Waals surface area contributed by atoms with E-state index in [1.54, 1.807) is 6.92 Å². The monoisotopic (exact) mass is 434 g/mol. The van der Waals surface area contributed by atoms with Crippen molar-refractivity contribution in [1.29, 1.82) is 0 Å². The summed E-state index contributed by atoms with van der Waals surface area (Å²) >= 11 is 0. The molecule has 30 heavy (non-hydrogen) atoms. The highest BCUT2D eigenvalue weighted by Gasteiger charge is 2.51. The van der Waals surface area contributed by atoms with E-state index in [2.05, 4.69) is 11.9 Å². The Morgan fingerprint density at radius 1 is 1.13 bits per heavy atom. The topological polar surface area (TPSA) is 24.5 Å². The van der Waals surface area contributed by atoms with Gasteiger partial charge in [-0.1, -0.05) is 6.58 Å². The van der Waals surface area contributed by atoms with Crippen molar-refractivity contribution in [3.8, 4) is 0 Å². The molecule has 1 fully saturated rings. The molecular formula is C21H24F6N2O. The first-order chi connectivity index (χ1) is 13.8. The summed E-state index contributed by atoms with van der Waals surface area (Å²) in [5, 5.41) is 2.78. The van der Waals surface area contributed by atoms with Crippen LogP contribution in [0.3, 0.4) is 0 Å². The third kappa shape index (κ3) is 4.45. The molecular weight excluding hydrogens is 410 g/mol. The number of ether oxygens (including phenoxy) is 1. The molecule has 0 saturated carbocycles. The molecule has 3 rings (SSSR count). The lowest BCUT2D eigenvalue weighted by molar-refractivity contribution is -0.235. The van der Waals surface area contributed by atoms with Gasteiger partial charge in [0, 0.05) is 28.7 Å². The highest BCUT2D eigenvalue weighted by Crippen LogP contribution is 2.45. The molecule has 0 aromatic heterocycles. The number of benzene rings is 1. The van der Waals surface area contributed by atoms with Crippen LogP contribution in [0.15, 0.2) is 36.6 Å². The van der Waals surface area contributed by atoms with Crippen molar-refractivity contribution in [2.24, 2.45) is 0 Å². The highest BCUT2D eigenvalue weighted by molar-refractivity contribution is 5.87. The number of nitrogens with one attached hydrogen (secondary N) is 1. The molecule has 3 atom stereocenters. The number of alkyl halides is 6. The van der Waals surface area contributed by atoms with Crippen LogP contribution in [0.2, 0.25) is 0 Å². The van der Waals surface area contributed by atoms with Crippen LogP contribution in [0.25, 0.3) is 5.57 Å². The number of rotatable bonds is 4. The van der Waals surface area contributed by atoms with E-state index in [0.717, 1.165) is 6.08 Å². The maximum Gasteiger partial charge on any atom is 0.417 e. The summed E-state index contributed by atoms with van der Waals surface area (Å²) in [5.74, 6) is 0. The molecule has 0 bridgehead atoms. The Bertz CT molecular complexity index is 843. The van der Waals surface area contributed by atoms with Crippen LogP contribution in [0, 0.1) is 0 Å². The van der Waals surface area contributed by atoms with Crippen LogP contribution in [-0.2, 0) is 4.74 Å². The Balaban J connectivity index is 2.04. The number of anilines is 2. The predicted octanol–water partition coefficient (Wildman–Crippen LogP) is 6.28. The highest BCUT2D eigenvalue weighted by atomic mass is 19.4. The van der Waals surface area contributed by atoms with Crippen LogP contribution in [0.5, 0.6) is 0 Å². The van der Waals surface area contributed by atoms with Gasteiger partial charge in [0.15, 0.2) is 6.10 Å². The van der Waals surface area contributed by atoms with Crippen molar-refractivity contribution < 1.29 is 31.1 Å². The number of fused-ring (bicyclic) bond motifs is 1.